The van der Waals surface area contributed by atoms with Crippen molar-refractivity contribution in [3.63, 3.8) is 0 Å². The Labute approximate surface area is 113 Å². The zero-order chi connectivity index (χ0) is 13.8. The minimum atomic E-state index is 0.210. The lowest BCUT2D eigenvalue weighted by atomic mass is 10.2. The SMILES string of the molecule is CC(C)c1nc(CN(C)[C@H](C)c2ccncn2)co1. The first-order valence-corrected chi connectivity index (χ1v) is 6.48. The minimum Gasteiger partial charge on any atom is -0.448 e. The lowest BCUT2D eigenvalue weighted by Gasteiger charge is -2.22. The van der Waals surface area contributed by atoms with Crippen molar-refractivity contribution in [1.82, 2.24) is 19.9 Å². The first kappa shape index (κ1) is 13.7. The molecule has 2 aromatic rings. The lowest BCUT2D eigenvalue weighted by Crippen LogP contribution is -2.22. The fourth-order valence-electron chi connectivity index (χ4n) is 1.83. The van der Waals surface area contributed by atoms with Crippen molar-refractivity contribution >= 4 is 0 Å². The number of hydrogen-bond donors (Lipinski definition) is 0. The van der Waals surface area contributed by atoms with Crippen molar-refractivity contribution in [2.75, 3.05) is 7.05 Å². The summed E-state index contributed by atoms with van der Waals surface area (Å²) in [6.07, 6.45) is 5.07. The van der Waals surface area contributed by atoms with E-state index in [4.69, 9.17) is 4.42 Å². The summed E-state index contributed by atoms with van der Waals surface area (Å²) in [6, 6.07) is 2.14. The Morgan fingerprint density at radius 1 is 1.32 bits per heavy atom. The number of rotatable bonds is 5. The van der Waals surface area contributed by atoms with E-state index in [0.29, 0.717) is 5.92 Å². The second kappa shape index (κ2) is 5.93. The molecular weight excluding hydrogens is 240 g/mol. The normalized spacial score (nSPS) is 13.2. The quantitative estimate of drug-likeness (QED) is 0.827. The van der Waals surface area contributed by atoms with Crippen molar-refractivity contribution in [2.24, 2.45) is 0 Å². The third-order valence-corrected chi connectivity index (χ3v) is 3.17. The molecule has 0 aliphatic carbocycles. The molecule has 0 fully saturated rings. The van der Waals surface area contributed by atoms with Gasteiger partial charge in [0.2, 0.25) is 0 Å². The van der Waals surface area contributed by atoms with Crippen LogP contribution in [0.5, 0.6) is 0 Å². The van der Waals surface area contributed by atoms with Crippen LogP contribution in [0.4, 0.5) is 0 Å². The van der Waals surface area contributed by atoms with Crippen molar-refractivity contribution in [3.05, 3.63) is 42.1 Å². The van der Waals surface area contributed by atoms with Crippen molar-refractivity contribution in [1.29, 1.82) is 0 Å². The largest absolute Gasteiger partial charge is 0.448 e. The van der Waals surface area contributed by atoms with Crippen LogP contribution in [0.1, 0.15) is 50.0 Å². The maximum Gasteiger partial charge on any atom is 0.196 e. The molecule has 0 spiro atoms. The molecule has 5 heteroatoms. The molecule has 0 aliphatic heterocycles. The Balaban J connectivity index is 2.02. The minimum absolute atomic E-state index is 0.210. The van der Waals surface area contributed by atoms with Crippen LogP contribution in [0.15, 0.2) is 29.3 Å². The summed E-state index contributed by atoms with van der Waals surface area (Å²) >= 11 is 0. The highest BCUT2D eigenvalue weighted by atomic mass is 16.3. The Kier molecular flexibility index (Phi) is 4.27. The predicted octanol–water partition coefficient (Wildman–Crippen LogP) is 2.78. The van der Waals surface area contributed by atoms with Crippen LogP contribution >= 0.6 is 0 Å². The zero-order valence-electron chi connectivity index (χ0n) is 11.9. The van der Waals surface area contributed by atoms with E-state index in [1.165, 1.54) is 0 Å². The molecule has 19 heavy (non-hydrogen) atoms. The zero-order valence-corrected chi connectivity index (χ0v) is 11.9. The van der Waals surface area contributed by atoms with Gasteiger partial charge < -0.3 is 4.42 Å². The Bertz CT molecular complexity index is 509. The van der Waals surface area contributed by atoms with Gasteiger partial charge in [-0.3, -0.25) is 4.90 Å². The van der Waals surface area contributed by atoms with Crippen LogP contribution in [0.2, 0.25) is 0 Å². The lowest BCUT2D eigenvalue weighted by molar-refractivity contribution is 0.245. The first-order valence-electron chi connectivity index (χ1n) is 6.48. The van der Waals surface area contributed by atoms with Crippen LogP contribution in [0, 0.1) is 0 Å². The molecule has 1 atom stereocenters. The molecule has 0 saturated heterocycles. The van der Waals surface area contributed by atoms with E-state index in [2.05, 4.69) is 47.7 Å². The maximum absolute atomic E-state index is 5.45. The van der Waals surface area contributed by atoms with E-state index in [1.54, 1.807) is 18.8 Å². The molecule has 0 aromatic carbocycles. The van der Waals surface area contributed by atoms with Gasteiger partial charge in [0.15, 0.2) is 5.89 Å². The highest BCUT2D eigenvalue weighted by molar-refractivity contribution is 5.05. The van der Waals surface area contributed by atoms with Crippen LogP contribution in [0.3, 0.4) is 0 Å². The van der Waals surface area contributed by atoms with Crippen LogP contribution in [0.25, 0.3) is 0 Å². The van der Waals surface area contributed by atoms with Gasteiger partial charge in [-0.2, -0.15) is 0 Å². The third-order valence-electron chi connectivity index (χ3n) is 3.17. The number of nitrogens with zero attached hydrogens (tertiary/aromatic N) is 4. The summed E-state index contributed by atoms with van der Waals surface area (Å²) in [5.41, 5.74) is 1.96. The van der Waals surface area contributed by atoms with Gasteiger partial charge in [0, 0.05) is 24.7 Å². The first-order chi connectivity index (χ1) is 9.08. The number of oxazole rings is 1. The van der Waals surface area contributed by atoms with E-state index in [0.717, 1.165) is 23.8 Å². The van der Waals surface area contributed by atoms with Crippen LogP contribution in [-0.2, 0) is 6.54 Å². The molecule has 0 radical (unpaired) electrons. The monoisotopic (exact) mass is 260 g/mol. The summed E-state index contributed by atoms with van der Waals surface area (Å²) in [7, 11) is 2.05. The standard InChI is InChI=1S/C14H20N4O/c1-10(2)14-17-12(8-19-14)7-18(4)11(3)13-5-6-15-9-16-13/h5-6,8-11H,7H2,1-4H3/t11-/m1/s1. The average Bonchev–Trinajstić information content (AvgIpc) is 2.87. The molecule has 0 N–H and O–H groups in total. The van der Waals surface area contributed by atoms with Gasteiger partial charge in [-0.05, 0) is 20.0 Å². The Hall–Kier alpha value is -1.75. The van der Waals surface area contributed by atoms with Crippen LogP contribution in [-0.4, -0.2) is 26.9 Å². The summed E-state index contributed by atoms with van der Waals surface area (Å²) in [4.78, 5) is 14.9. The molecule has 0 unspecified atom stereocenters. The molecule has 2 aromatic heterocycles. The van der Waals surface area contributed by atoms with E-state index in [-0.39, 0.29) is 6.04 Å². The Morgan fingerprint density at radius 2 is 2.11 bits per heavy atom. The predicted molar refractivity (Wildman–Crippen MR) is 72.5 cm³/mol. The van der Waals surface area contributed by atoms with Gasteiger partial charge in [-0.25, -0.2) is 15.0 Å². The molecule has 0 bridgehead atoms. The topological polar surface area (TPSA) is 55.1 Å². The van der Waals surface area contributed by atoms with Crippen molar-refractivity contribution in [2.45, 2.75) is 39.3 Å². The average molecular weight is 260 g/mol. The number of aromatic nitrogens is 3. The molecule has 0 saturated carbocycles. The highest BCUT2D eigenvalue weighted by Gasteiger charge is 2.15. The molecule has 5 nitrogen and oxygen atoms in total. The second-order valence-corrected chi connectivity index (χ2v) is 5.06. The summed E-state index contributed by atoms with van der Waals surface area (Å²) < 4.78 is 5.45. The fourth-order valence-corrected chi connectivity index (χ4v) is 1.83. The van der Waals surface area contributed by atoms with Crippen LogP contribution < -0.4 is 0 Å². The van der Waals surface area contributed by atoms with E-state index >= 15 is 0 Å². The molecule has 2 rings (SSSR count). The maximum atomic E-state index is 5.45. The summed E-state index contributed by atoms with van der Waals surface area (Å²) in [5, 5.41) is 0. The second-order valence-electron chi connectivity index (χ2n) is 5.06. The summed E-state index contributed by atoms with van der Waals surface area (Å²) in [6.45, 7) is 7.00. The molecule has 102 valence electrons. The highest BCUT2D eigenvalue weighted by Crippen LogP contribution is 2.19. The van der Waals surface area contributed by atoms with Gasteiger partial charge in [-0.1, -0.05) is 13.8 Å². The number of hydrogen-bond acceptors (Lipinski definition) is 5. The van der Waals surface area contributed by atoms with Crippen molar-refractivity contribution < 1.29 is 4.42 Å². The summed E-state index contributed by atoms with van der Waals surface area (Å²) in [5.74, 6) is 1.11. The van der Waals surface area contributed by atoms with Gasteiger partial charge in [0.05, 0.1) is 11.4 Å². The van der Waals surface area contributed by atoms with Crippen molar-refractivity contribution in [3.8, 4) is 0 Å². The fraction of sp³-hybridized carbons (Fsp3) is 0.500. The van der Waals surface area contributed by atoms with Gasteiger partial charge >= 0.3 is 0 Å². The molecule has 0 aliphatic rings. The van der Waals surface area contributed by atoms with E-state index in [9.17, 15) is 0 Å². The molecule has 2 heterocycles. The smallest absolute Gasteiger partial charge is 0.196 e. The molecular formula is C14H20N4O. The van der Waals surface area contributed by atoms with E-state index in [1.807, 2.05) is 6.07 Å². The molecule has 0 amide bonds. The Morgan fingerprint density at radius 3 is 2.68 bits per heavy atom. The van der Waals surface area contributed by atoms with Gasteiger partial charge in [0.25, 0.3) is 0 Å². The van der Waals surface area contributed by atoms with Gasteiger partial charge in [-0.15, -0.1) is 0 Å². The van der Waals surface area contributed by atoms with Gasteiger partial charge in [0.1, 0.15) is 12.6 Å². The van der Waals surface area contributed by atoms with E-state index < -0.39 is 0 Å². The third kappa shape index (κ3) is 3.38.